The predicted molar refractivity (Wildman–Crippen MR) is 158 cm³/mol. The van der Waals surface area contributed by atoms with E-state index in [1.54, 1.807) is 18.2 Å². The molecule has 0 saturated heterocycles. The number of allylic oxidation sites excluding steroid dienone is 3. The Labute approximate surface area is 248 Å². The first kappa shape index (κ1) is 36.1. The van der Waals surface area contributed by atoms with Gasteiger partial charge in [-0.25, -0.2) is 9.36 Å². The first-order valence-electron chi connectivity index (χ1n) is 14.7. The molecule has 0 spiro atoms. The van der Waals surface area contributed by atoms with Crippen molar-refractivity contribution in [2.75, 3.05) is 6.54 Å². The van der Waals surface area contributed by atoms with E-state index in [1.807, 2.05) is 26.8 Å². The van der Waals surface area contributed by atoms with Crippen LogP contribution in [0.2, 0.25) is 0 Å². The zero-order chi connectivity index (χ0) is 31.3. The van der Waals surface area contributed by atoms with Crippen LogP contribution in [0, 0.1) is 17.8 Å². The van der Waals surface area contributed by atoms with E-state index in [2.05, 4.69) is 0 Å². The van der Waals surface area contributed by atoms with Gasteiger partial charge in [-0.3, -0.25) is 9.32 Å². The zero-order valence-electron chi connectivity index (χ0n) is 24.8. The van der Waals surface area contributed by atoms with Crippen LogP contribution in [-0.2, 0) is 28.2 Å². The number of esters is 2. The molecule has 1 aliphatic carbocycles. The third kappa shape index (κ3) is 13.0. The Morgan fingerprint density at radius 1 is 1.26 bits per heavy atom. The Kier molecular flexibility index (Phi) is 14.8. The smallest absolute Gasteiger partial charge is 0.462 e. The molecule has 1 aliphatic heterocycles. The van der Waals surface area contributed by atoms with Crippen molar-refractivity contribution in [1.29, 1.82) is 0 Å². The van der Waals surface area contributed by atoms with E-state index in [0.717, 1.165) is 25.7 Å². The highest BCUT2D eigenvalue weighted by molar-refractivity contribution is 7.46. The lowest BCUT2D eigenvalue weighted by Crippen LogP contribution is -2.45. The topological polar surface area (TPSA) is 186 Å². The van der Waals surface area contributed by atoms with Crippen LogP contribution in [0.25, 0.3) is 0 Å². The number of cyclic esters (lactones) is 1. The first-order chi connectivity index (χ1) is 19.7. The molecule has 42 heavy (non-hydrogen) atoms. The minimum absolute atomic E-state index is 0.0484. The van der Waals surface area contributed by atoms with Crippen LogP contribution in [0.1, 0.15) is 72.1 Å². The lowest BCUT2D eigenvalue weighted by Gasteiger charge is -2.35. The molecule has 0 amide bonds. The second-order valence-corrected chi connectivity index (χ2v) is 12.7. The van der Waals surface area contributed by atoms with Gasteiger partial charge in [0, 0.05) is 24.8 Å². The van der Waals surface area contributed by atoms with E-state index in [9.17, 15) is 34.2 Å². The minimum atomic E-state index is -5.07. The van der Waals surface area contributed by atoms with Crippen LogP contribution in [0.3, 0.4) is 0 Å². The van der Waals surface area contributed by atoms with Gasteiger partial charge in [-0.2, -0.15) is 0 Å². The van der Waals surface area contributed by atoms with E-state index in [4.69, 9.17) is 19.7 Å². The quantitative estimate of drug-likeness (QED) is 0.0741. The van der Waals surface area contributed by atoms with Gasteiger partial charge in [-0.1, -0.05) is 57.2 Å². The van der Waals surface area contributed by atoms with Crippen LogP contribution < -0.4 is 5.73 Å². The van der Waals surface area contributed by atoms with E-state index < -0.39 is 37.7 Å². The SMILES string of the molecule is CC[C@H]1C=CC(=O)O[C@H]1/C=C/[C@](O)(CCN)[C@@H](C[C@@H](O)/C=C\C=C/[C@@H]1CCC[C@H](OC(=O)CC(C)C)C1)OP(=O)(O)O. The zero-order valence-corrected chi connectivity index (χ0v) is 25.7. The largest absolute Gasteiger partial charge is 0.469 e. The fraction of sp³-hybridized carbons (Fsp3) is 0.667. The highest BCUT2D eigenvalue weighted by Gasteiger charge is 2.40. The molecular weight excluding hydrogens is 565 g/mol. The van der Waals surface area contributed by atoms with Crippen LogP contribution in [0.5, 0.6) is 0 Å². The maximum absolute atomic E-state index is 12.0. The molecule has 0 aromatic heterocycles. The second kappa shape index (κ2) is 17.3. The van der Waals surface area contributed by atoms with Gasteiger partial charge in [-0.15, -0.1) is 0 Å². The molecule has 1 saturated carbocycles. The summed E-state index contributed by atoms with van der Waals surface area (Å²) >= 11 is 0. The van der Waals surface area contributed by atoms with Crippen molar-refractivity contribution in [1.82, 2.24) is 0 Å². The molecule has 2 aliphatic rings. The Balaban J connectivity index is 2.08. The standard InChI is InChI=1S/C30H48NO10P/c1-4-23-12-13-28(33)40-26(23)14-15-30(35,16-17-31)27(41-42(36,37)38)20-24(32)10-6-5-8-22-9-7-11-25(19-22)39-29(34)18-21(2)3/h5-6,8,10,12-15,21-27,32,35H,4,7,9,11,16-20,31H2,1-3H3,(H2,36,37,38)/b8-5-,10-6-,15-14+/t22-,23+,24+,25+,26+,27-,30+/m1/s1. The number of carbonyl (C=O) groups excluding carboxylic acids is 2. The predicted octanol–water partition coefficient (Wildman–Crippen LogP) is 3.62. The number of phosphoric ester groups is 1. The Bertz CT molecular complexity index is 1040. The van der Waals surface area contributed by atoms with E-state index in [-0.39, 0.29) is 49.2 Å². The molecule has 11 nitrogen and oxygen atoms in total. The lowest BCUT2D eigenvalue weighted by molar-refractivity contribution is -0.152. The third-order valence-corrected chi connectivity index (χ3v) is 7.92. The van der Waals surface area contributed by atoms with Gasteiger partial charge in [0.15, 0.2) is 0 Å². The molecule has 12 heteroatoms. The summed E-state index contributed by atoms with van der Waals surface area (Å²) in [6, 6.07) is 0. The highest BCUT2D eigenvalue weighted by atomic mass is 31.2. The van der Waals surface area contributed by atoms with E-state index in [0.29, 0.717) is 12.8 Å². The fourth-order valence-electron chi connectivity index (χ4n) is 5.21. The summed E-state index contributed by atoms with van der Waals surface area (Å²) in [5.41, 5.74) is 3.73. The number of phosphoric acid groups is 1. The van der Waals surface area contributed by atoms with Crippen LogP contribution in [0.4, 0.5) is 0 Å². The van der Waals surface area contributed by atoms with Gasteiger partial charge in [0.2, 0.25) is 0 Å². The molecule has 0 aromatic rings. The van der Waals surface area contributed by atoms with Crippen molar-refractivity contribution in [2.45, 2.75) is 102 Å². The Morgan fingerprint density at radius 2 is 2.00 bits per heavy atom. The minimum Gasteiger partial charge on any atom is -0.462 e. The third-order valence-electron chi connectivity index (χ3n) is 7.39. The number of rotatable bonds is 16. The van der Waals surface area contributed by atoms with E-state index >= 15 is 0 Å². The molecule has 0 aromatic carbocycles. The molecule has 2 rings (SSSR count). The van der Waals surface area contributed by atoms with Crippen molar-refractivity contribution in [3.8, 4) is 0 Å². The Hall–Kier alpha value is -2.11. The second-order valence-electron chi connectivity index (χ2n) is 11.5. The number of hydrogen-bond acceptors (Lipinski definition) is 9. The average molecular weight is 614 g/mol. The molecule has 6 N–H and O–H groups in total. The van der Waals surface area contributed by atoms with Crippen LogP contribution in [0.15, 0.2) is 48.6 Å². The number of aliphatic hydroxyl groups excluding tert-OH is 1. The monoisotopic (exact) mass is 613 g/mol. The van der Waals surface area contributed by atoms with Crippen molar-refractivity contribution in [3.05, 3.63) is 48.6 Å². The van der Waals surface area contributed by atoms with Gasteiger partial charge < -0.3 is 35.2 Å². The van der Waals surface area contributed by atoms with E-state index in [1.165, 1.54) is 24.3 Å². The van der Waals surface area contributed by atoms with Gasteiger partial charge in [0.1, 0.15) is 23.9 Å². The number of hydrogen-bond donors (Lipinski definition) is 5. The molecule has 0 radical (unpaired) electrons. The summed E-state index contributed by atoms with van der Waals surface area (Å²) in [4.78, 5) is 42.9. The summed E-state index contributed by atoms with van der Waals surface area (Å²) in [6.07, 6.45) is 13.0. The molecule has 0 unspecified atom stereocenters. The summed E-state index contributed by atoms with van der Waals surface area (Å²) in [5.74, 6) is -0.414. The number of carbonyl (C=O) groups is 2. The van der Waals surface area contributed by atoms with Crippen LogP contribution in [-0.4, -0.2) is 68.5 Å². The number of nitrogens with two attached hydrogens (primary N) is 1. The molecule has 1 fully saturated rings. The van der Waals surface area contributed by atoms with Crippen molar-refractivity contribution < 1.29 is 48.2 Å². The maximum Gasteiger partial charge on any atom is 0.469 e. The molecule has 1 heterocycles. The summed E-state index contributed by atoms with van der Waals surface area (Å²) < 4.78 is 27.7. The molecule has 238 valence electrons. The average Bonchev–Trinajstić information content (AvgIpc) is 2.89. The molecule has 7 atom stereocenters. The van der Waals surface area contributed by atoms with Crippen molar-refractivity contribution in [3.63, 3.8) is 0 Å². The van der Waals surface area contributed by atoms with Crippen LogP contribution >= 0.6 is 7.82 Å². The summed E-state index contributed by atoms with van der Waals surface area (Å²) in [7, 11) is -5.07. The van der Waals surface area contributed by atoms with Gasteiger partial charge in [-0.05, 0) is 63.0 Å². The van der Waals surface area contributed by atoms with Gasteiger partial charge in [0.25, 0.3) is 0 Å². The molecular formula is C30H48NO10P. The maximum atomic E-state index is 12.0. The number of ether oxygens (including phenoxy) is 2. The number of aliphatic hydroxyl groups is 2. The normalized spacial score (nSPS) is 26.5. The van der Waals surface area contributed by atoms with Crippen molar-refractivity contribution in [2.24, 2.45) is 23.5 Å². The first-order valence-corrected chi connectivity index (χ1v) is 16.2. The fourth-order valence-corrected chi connectivity index (χ4v) is 5.81. The molecule has 0 bridgehead atoms. The van der Waals surface area contributed by atoms with Gasteiger partial charge in [0.05, 0.1) is 6.10 Å². The van der Waals surface area contributed by atoms with Crippen molar-refractivity contribution >= 4 is 19.8 Å². The highest BCUT2D eigenvalue weighted by Crippen LogP contribution is 2.42. The Morgan fingerprint density at radius 3 is 2.64 bits per heavy atom. The summed E-state index contributed by atoms with van der Waals surface area (Å²) in [5, 5.41) is 22.1. The summed E-state index contributed by atoms with van der Waals surface area (Å²) in [6.45, 7) is 5.81. The van der Waals surface area contributed by atoms with Gasteiger partial charge >= 0.3 is 19.8 Å². The lowest BCUT2D eigenvalue weighted by atomic mass is 9.86.